The van der Waals surface area contributed by atoms with Crippen molar-refractivity contribution < 1.29 is 13.2 Å². The van der Waals surface area contributed by atoms with Crippen molar-refractivity contribution in [2.45, 2.75) is 50.2 Å². The van der Waals surface area contributed by atoms with E-state index in [2.05, 4.69) is 9.82 Å². The van der Waals surface area contributed by atoms with Gasteiger partial charge in [-0.05, 0) is 33.1 Å². The van der Waals surface area contributed by atoms with E-state index in [-0.39, 0.29) is 10.5 Å². The van der Waals surface area contributed by atoms with Gasteiger partial charge in [-0.3, -0.25) is 4.68 Å². The van der Waals surface area contributed by atoms with E-state index in [1.165, 1.54) is 0 Å². The summed E-state index contributed by atoms with van der Waals surface area (Å²) in [6.45, 7) is 4.67. The van der Waals surface area contributed by atoms with Crippen molar-refractivity contribution >= 4 is 10.0 Å². The van der Waals surface area contributed by atoms with Crippen LogP contribution in [-0.2, 0) is 21.3 Å². The van der Waals surface area contributed by atoms with Crippen LogP contribution in [0.5, 0.6) is 0 Å². The number of rotatable bonds is 7. The maximum absolute atomic E-state index is 12.5. The van der Waals surface area contributed by atoms with E-state index in [9.17, 15) is 8.42 Å². The fourth-order valence-electron chi connectivity index (χ4n) is 2.73. The molecule has 8 heteroatoms. The molecule has 1 fully saturated rings. The van der Waals surface area contributed by atoms with Crippen molar-refractivity contribution in [2.24, 2.45) is 5.73 Å². The zero-order valence-electron chi connectivity index (χ0n) is 12.8. The first kappa shape index (κ1) is 16.4. The lowest BCUT2D eigenvalue weighted by Crippen LogP contribution is -2.49. The monoisotopic (exact) mass is 316 g/mol. The molecule has 0 atom stereocenters. The molecule has 7 nitrogen and oxygen atoms in total. The molecule has 0 aliphatic heterocycles. The third-order valence-corrected chi connectivity index (χ3v) is 5.86. The van der Waals surface area contributed by atoms with Crippen LogP contribution >= 0.6 is 0 Å². The molecule has 1 heterocycles. The highest BCUT2D eigenvalue weighted by molar-refractivity contribution is 7.89. The molecule has 120 valence electrons. The molecule has 0 unspecified atom stereocenters. The van der Waals surface area contributed by atoms with Crippen LogP contribution in [0.15, 0.2) is 4.90 Å². The normalized spacial score (nSPS) is 17.7. The molecule has 3 N–H and O–H groups in total. The maximum atomic E-state index is 12.5. The van der Waals surface area contributed by atoms with Gasteiger partial charge < -0.3 is 10.5 Å². The van der Waals surface area contributed by atoms with Gasteiger partial charge in [0.1, 0.15) is 4.90 Å². The minimum atomic E-state index is -3.59. The van der Waals surface area contributed by atoms with Crippen molar-refractivity contribution in [3.05, 3.63) is 11.4 Å². The lowest BCUT2D eigenvalue weighted by Gasteiger charge is -2.40. The molecule has 0 saturated heterocycles. The second-order valence-corrected chi connectivity index (χ2v) is 7.28. The second-order valence-electron chi connectivity index (χ2n) is 5.58. The van der Waals surface area contributed by atoms with E-state index in [1.807, 2.05) is 0 Å². The van der Waals surface area contributed by atoms with Crippen LogP contribution in [0, 0.1) is 13.8 Å². The molecule has 0 amide bonds. The van der Waals surface area contributed by atoms with Crippen molar-refractivity contribution in [3.63, 3.8) is 0 Å². The molecular formula is C13H24N4O3S. The van der Waals surface area contributed by atoms with Crippen LogP contribution in [0.2, 0.25) is 0 Å². The van der Waals surface area contributed by atoms with Gasteiger partial charge in [-0.1, -0.05) is 0 Å². The van der Waals surface area contributed by atoms with Gasteiger partial charge >= 0.3 is 0 Å². The van der Waals surface area contributed by atoms with E-state index in [4.69, 9.17) is 10.5 Å². The van der Waals surface area contributed by atoms with Gasteiger partial charge in [0.2, 0.25) is 10.0 Å². The van der Waals surface area contributed by atoms with Crippen molar-refractivity contribution in [2.75, 3.05) is 20.2 Å². The van der Waals surface area contributed by atoms with Crippen LogP contribution in [0.4, 0.5) is 0 Å². The minimum Gasteiger partial charge on any atom is -0.377 e. The number of hydrogen-bond acceptors (Lipinski definition) is 5. The molecule has 0 radical (unpaired) electrons. The van der Waals surface area contributed by atoms with Crippen LogP contribution in [0.25, 0.3) is 0 Å². The first-order valence-corrected chi connectivity index (χ1v) is 8.62. The number of ether oxygens (including phenoxy) is 1. The van der Waals surface area contributed by atoms with Crippen LogP contribution < -0.4 is 10.5 Å². The molecule has 1 aromatic heterocycles. The predicted octanol–water partition coefficient (Wildman–Crippen LogP) is 0.306. The number of aromatic nitrogens is 2. The molecule has 0 bridgehead atoms. The highest BCUT2D eigenvalue weighted by atomic mass is 32.2. The SMILES string of the molecule is COC1(CNS(=O)(=O)c2c(C)nn(CCN)c2C)CCC1. The Hall–Kier alpha value is -0.960. The Kier molecular flexibility index (Phi) is 4.72. The maximum Gasteiger partial charge on any atom is 0.244 e. The average Bonchev–Trinajstić information content (AvgIpc) is 2.64. The largest absolute Gasteiger partial charge is 0.377 e. The van der Waals surface area contributed by atoms with E-state index < -0.39 is 10.0 Å². The van der Waals surface area contributed by atoms with Crippen LogP contribution in [-0.4, -0.2) is 44.0 Å². The first-order chi connectivity index (χ1) is 9.85. The third kappa shape index (κ3) is 3.13. The van der Waals surface area contributed by atoms with Gasteiger partial charge in [-0.15, -0.1) is 0 Å². The Bertz CT molecular complexity index is 600. The number of nitrogens with zero attached hydrogens (tertiary/aromatic N) is 2. The van der Waals surface area contributed by atoms with E-state index >= 15 is 0 Å². The molecule has 0 spiro atoms. The molecule has 0 aromatic carbocycles. The summed E-state index contributed by atoms with van der Waals surface area (Å²) in [5.41, 5.74) is 6.28. The van der Waals surface area contributed by atoms with E-state index in [0.717, 1.165) is 19.3 Å². The van der Waals surface area contributed by atoms with Gasteiger partial charge in [-0.2, -0.15) is 5.10 Å². The molecule has 2 rings (SSSR count). The Morgan fingerprint density at radius 1 is 1.43 bits per heavy atom. The Labute approximate surface area is 125 Å². The summed E-state index contributed by atoms with van der Waals surface area (Å²) in [7, 11) is -1.96. The van der Waals surface area contributed by atoms with Crippen molar-refractivity contribution in [1.29, 1.82) is 0 Å². The highest BCUT2D eigenvalue weighted by Gasteiger charge is 2.38. The molecule has 21 heavy (non-hydrogen) atoms. The fourth-order valence-corrected chi connectivity index (χ4v) is 4.25. The first-order valence-electron chi connectivity index (χ1n) is 7.14. The molecule has 1 saturated carbocycles. The van der Waals surface area contributed by atoms with Crippen LogP contribution in [0.1, 0.15) is 30.7 Å². The van der Waals surface area contributed by atoms with E-state index in [1.54, 1.807) is 25.6 Å². The van der Waals surface area contributed by atoms with Crippen LogP contribution in [0.3, 0.4) is 0 Å². The van der Waals surface area contributed by atoms with Gasteiger partial charge in [0.05, 0.1) is 23.5 Å². The molecule has 1 aromatic rings. The second kappa shape index (κ2) is 6.04. The lowest BCUT2D eigenvalue weighted by molar-refractivity contribution is -0.0659. The number of methoxy groups -OCH3 is 1. The topological polar surface area (TPSA) is 99.2 Å². The number of nitrogens with one attached hydrogen (secondary N) is 1. The van der Waals surface area contributed by atoms with Crippen molar-refractivity contribution in [1.82, 2.24) is 14.5 Å². The smallest absolute Gasteiger partial charge is 0.244 e. The Balaban J connectivity index is 2.19. The lowest BCUT2D eigenvalue weighted by atomic mass is 9.80. The Morgan fingerprint density at radius 3 is 2.57 bits per heavy atom. The zero-order valence-corrected chi connectivity index (χ0v) is 13.7. The summed E-state index contributed by atoms with van der Waals surface area (Å²) in [6.07, 6.45) is 2.84. The zero-order chi connectivity index (χ0) is 15.7. The van der Waals surface area contributed by atoms with Gasteiger partial charge in [0.25, 0.3) is 0 Å². The minimum absolute atomic E-state index is 0.251. The average molecular weight is 316 g/mol. The fraction of sp³-hybridized carbons (Fsp3) is 0.769. The van der Waals surface area contributed by atoms with E-state index in [0.29, 0.717) is 31.0 Å². The number of nitrogens with two attached hydrogens (primary N) is 1. The standard InChI is InChI=1S/C13H24N4O3S/c1-10-12(11(2)17(16-10)8-7-14)21(18,19)15-9-13(20-3)5-4-6-13/h15H,4-9,14H2,1-3H3. The third-order valence-electron chi connectivity index (χ3n) is 4.21. The summed E-state index contributed by atoms with van der Waals surface area (Å²) in [5.74, 6) is 0. The number of hydrogen-bond donors (Lipinski definition) is 2. The summed E-state index contributed by atoms with van der Waals surface area (Å²) < 4.78 is 34.8. The van der Waals surface area contributed by atoms with Gasteiger partial charge in [0, 0.05) is 20.2 Å². The number of sulfonamides is 1. The van der Waals surface area contributed by atoms with Gasteiger partial charge in [-0.25, -0.2) is 13.1 Å². The quantitative estimate of drug-likeness (QED) is 0.754. The molecule has 1 aliphatic rings. The summed E-state index contributed by atoms with van der Waals surface area (Å²) in [4.78, 5) is 0.251. The molecule has 1 aliphatic carbocycles. The summed E-state index contributed by atoms with van der Waals surface area (Å²) >= 11 is 0. The summed E-state index contributed by atoms with van der Waals surface area (Å²) in [6, 6.07) is 0. The summed E-state index contributed by atoms with van der Waals surface area (Å²) in [5, 5.41) is 4.25. The Morgan fingerprint density at radius 2 is 2.10 bits per heavy atom. The van der Waals surface area contributed by atoms with Gasteiger partial charge in [0.15, 0.2) is 0 Å². The van der Waals surface area contributed by atoms with Crippen molar-refractivity contribution in [3.8, 4) is 0 Å². The highest BCUT2D eigenvalue weighted by Crippen LogP contribution is 2.34. The number of aryl methyl sites for hydroxylation is 1. The molecular weight excluding hydrogens is 292 g/mol. The predicted molar refractivity (Wildman–Crippen MR) is 79.5 cm³/mol.